The third-order valence-electron chi connectivity index (χ3n) is 6.01. The van der Waals surface area contributed by atoms with Gasteiger partial charge in [-0.15, -0.1) is 0 Å². The summed E-state index contributed by atoms with van der Waals surface area (Å²) >= 11 is 0. The molecular formula is C25H38O5. The number of esters is 2. The summed E-state index contributed by atoms with van der Waals surface area (Å²) in [4.78, 5) is 26.1. The third-order valence-corrected chi connectivity index (χ3v) is 6.01. The Morgan fingerprint density at radius 3 is 2.97 bits per heavy atom. The standard InChI is InChI=1S/C25H38O5/c1-6-25(4,5)24(28)30-21-12-15(2)11-17-8-7-16(3)20(23(17)21)10-9-19-13-18(26)14-22(27)29-19/h7-8,11,15-16,18-21,23,26H,6,9-10,12-14H2,1-5H3/t15-,16-,18+,19?,20-,21-,23-/m0/s1/i1D3,2D3,4D3,5D3,6D2,14D2. The second-order valence-electron chi connectivity index (χ2n) is 8.24. The van der Waals surface area contributed by atoms with Crippen LogP contribution in [-0.2, 0) is 19.1 Å². The molecule has 0 aromatic carbocycles. The number of rotatable bonds is 6. The zero-order chi connectivity index (χ0) is 35.6. The van der Waals surface area contributed by atoms with Crippen LogP contribution in [0.2, 0.25) is 0 Å². The lowest BCUT2D eigenvalue weighted by Gasteiger charge is -2.44. The molecule has 0 aromatic heterocycles. The lowest BCUT2D eigenvalue weighted by atomic mass is 9.65. The van der Waals surface area contributed by atoms with Crippen molar-refractivity contribution in [2.45, 2.75) is 91.1 Å². The van der Waals surface area contributed by atoms with Crippen LogP contribution >= 0.6 is 0 Å². The first kappa shape index (κ1) is 9.89. The zero-order valence-electron chi connectivity index (χ0n) is 32.7. The molecule has 0 saturated carbocycles. The normalized spacial score (nSPS) is 48.3. The second kappa shape index (κ2) is 9.25. The van der Waals surface area contributed by atoms with Crippen LogP contribution in [0, 0.1) is 29.1 Å². The summed E-state index contributed by atoms with van der Waals surface area (Å²) in [6, 6.07) is 0. The Morgan fingerprint density at radius 2 is 2.27 bits per heavy atom. The van der Waals surface area contributed by atoms with E-state index in [-0.39, 0.29) is 25.2 Å². The van der Waals surface area contributed by atoms with Gasteiger partial charge in [-0.2, -0.15) is 0 Å². The number of ether oxygens (including phenoxy) is 2. The van der Waals surface area contributed by atoms with Gasteiger partial charge in [-0.1, -0.05) is 38.9 Å². The molecule has 1 unspecified atom stereocenters. The molecule has 0 radical (unpaired) electrons. The summed E-state index contributed by atoms with van der Waals surface area (Å²) in [6.07, 6.45) is -6.48. The molecule has 30 heavy (non-hydrogen) atoms. The third kappa shape index (κ3) is 5.16. The molecular weight excluding hydrogens is 380 g/mol. The summed E-state index contributed by atoms with van der Waals surface area (Å²) in [6.45, 7) is -12.9. The van der Waals surface area contributed by atoms with E-state index >= 15 is 0 Å². The van der Waals surface area contributed by atoms with E-state index in [9.17, 15) is 14.7 Å². The van der Waals surface area contributed by atoms with Crippen molar-refractivity contribution in [2.75, 3.05) is 0 Å². The van der Waals surface area contributed by atoms with Crippen LogP contribution in [0.25, 0.3) is 0 Å². The van der Waals surface area contributed by atoms with Gasteiger partial charge in [0, 0.05) is 34.3 Å². The molecule has 0 spiro atoms. The molecule has 1 saturated heterocycles. The molecule has 5 nitrogen and oxygen atoms in total. The van der Waals surface area contributed by atoms with Crippen molar-refractivity contribution in [1.82, 2.24) is 0 Å². The summed E-state index contributed by atoms with van der Waals surface area (Å²) in [5.74, 6) is -6.45. The van der Waals surface area contributed by atoms with Gasteiger partial charge in [0.05, 0.1) is 17.9 Å². The molecule has 1 N–H and O–H groups in total. The predicted octanol–water partition coefficient (Wildman–Crippen LogP) is 4.59. The van der Waals surface area contributed by atoms with Crippen molar-refractivity contribution < 1.29 is 46.1 Å². The fourth-order valence-electron chi connectivity index (χ4n) is 4.52. The maximum absolute atomic E-state index is 13.9. The second-order valence-corrected chi connectivity index (χ2v) is 8.24. The maximum Gasteiger partial charge on any atom is 0.311 e. The summed E-state index contributed by atoms with van der Waals surface area (Å²) in [5.41, 5.74) is -3.84. The fourth-order valence-corrected chi connectivity index (χ4v) is 4.52. The zero-order valence-corrected chi connectivity index (χ0v) is 16.7. The largest absolute Gasteiger partial charge is 0.462 e. The molecule has 0 aromatic rings. The number of cyclic esters (lactones) is 1. The Labute approximate surface area is 203 Å². The van der Waals surface area contributed by atoms with Gasteiger partial charge in [0.15, 0.2) is 0 Å². The van der Waals surface area contributed by atoms with Crippen molar-refractivity contribution in [1.29, 1.82) is 0 Å². The number of allylic oxidation sites excluding steroid dienone is 3. The van der Waals surface area contributed by atoms with E-state index in [0.717, 1.165) is 0 Å². The molecule has 0 bridgehead atoms. The Balaban J connectivity index is 2.09. The average molecular weight is 435 g/mol. The molecule has 3 aliphatic rings. The number of aliphatic hydroxyl groups is 1. The number of carbonyl (C=O) groups excluding carboxylic acids is 2. The minimum Gasteiger partial charge on any atom is -0.462 e. The highest BCUT2D eigenvalue weighted by Gasteiger charge is 2.43. The van der Waals surface area contributed by atoms with Gasteiger partial charge in [0.2, 0.25) is 0 Å². The minimum atomic E-state index is -4.20. The number of fused-ring (bicyclic) bond motifs is 1. The van der Waals surface area contributed by atoms with Gasteiger partial charge >= 0.3 is 11.9 Å². The number of carbonyl (C=O) groups is 2. The molecule has 5 heteroatoms. The van der Waals surface area contributed by atoms with E-state index in [1.54, 1.807) is 19.1 Å². The van der Waals surface area contributed by atoms with Gasteiger partial charge < -0.3 is 14.6 Å². The van der Waals surface area contributed by atoms with E-state index in [1.165, 1.54) is 6.08 Å². The van der Waals surface area contributed by atoms with Crippen LogP contribution in [-0.4, -0.2) is 35.4 Å². The van der Waals surface area contributed by atoms with Crippen LogP contribution in [0.3, 0.4) is 0 Å². The van der Waals surface area contributed by atoms with Crippen molar-refractivity contribution >= 4 is 11.9 Å². The first-order valence-electron chi connectivity index (χ1n) is 18.0. The van der Waals surface area contributed by atoms with Crippen LogP contribution < -0.4 is 0 Å². The quantitative estimate of drug-likeness (QED) is 0.619. The van der Waals surface area contributed by atoms with Gasteiger partial charge in [-0.25, -0.2) is 0 Å². The van der Waals surface area contributed by atoms with E-state index in [1.807, 2.05) is 0 Å². The van der Waals surface area contributed by atoms with Crippen LogP contribution in [0.4, 0.5) is 0 Å². The molecule has 0 amide bonds. The first-order chi connectivity index (χ1) is 20.5. The molecule has 168 valence electrons. The van der Waals surface area contributed by atoms with Crippen molar-refractivity contribution in [3.8, 4) is 0 Å². The molecule has 1 fully saturated rings. The van der Waals surface area contributed by atoms with Crippen molar-refractivity contribution in [2.24, 2.45) is 29.1 Å². The van der Waals surface area contributed by atoms with Crippen molar-refractivity contribution in [3.05, 3.63) is 23.8 Å². The van der Waals surface area contributed by atoms with E-state index in [4.69, 9.17) is 31.4 Å². The van der Waals surface area contributed by atoms with E-state index in [2.05, 4.69) is 0 Å². The topological polar surface area (TPSA) is 72.8 Å². The Morgan fingerprint density at radius 1 is 1.43 bits per heavy atom. The van der Waals surface area contributed by atoms with E-state index in [0.29, 0.717) is 5.57 Å². The van der Waals surface area contributed by atoms with Gasteiger partial charge in [-0.05, 0) is 62.7 Å². The number of aliphatic hydroxyl groups excluding tert-OH is 1. The van der Waals surface area contributed by atoms with Crippen LogP contribution in [0.5, 0.6) is 0 Å². The molecule has 2 aliphatic carbocycles. The summed E-state index contributed by atoms with van der Waals surface area (Å²) in [5, 5.41) is 10.2. The van der Waals surface area contributed by atoms with Gasteiger partial charge in [-0.3, -0.25) is 9.59 Å². The predicted molar refractivity (Wildman–Crippen MR) is 115 cm³/mol. The summed E-state index contributed by atoms with van der Waals surface area (Å²) < 4.78 is 138. The van der Waals surface area contributed by atoms with E-state index < -0.39 is 100.0 Å². The summed E-state index contributed by atoms with van der Waals surface area (Å²) in [7, 11) is 0. The molecule has 3 rings (SSSR count). The molecule has 1 heterocycles. The van der Waals surface area contributed by atoms with Gasteiger partial charge in [0.1, 0.15) is 12.2 Å². The lowest BCUT2D eigenvalue weighted by molar-refractivity contribution is -0.166. The SMILES string of the molecule is [2H]C([2H])([2H])[C@H]1C=C2C=C[C@H](C)[C@H](CCC3C[C@@H](O)C([2H])([2H])C(=O)O3)[C@H]2[C@@H](OC(=O)C(C([2H])([2H])[2H])(C([2H])([2H])[2H])C([2H])([2H])C([2H])([2H])[2H])C1. The van der Waals surface area contributed by atoms with Gasteiger partial charge in [0.25, 0.3) is 0 Å². The average Bonchev–Trinajstić information content (AvgIpc) is 2.84. The first-order valence-corrected chi connectivity index (χ1v) is 10.0. The highest BCUT2D eigenvalue weighted by molar-refractivity contribution is 5.76. The highest BCUT2D eigenvalue weighted by atomic mass is 16.6. The highest BCUT2D eigenvalue weighted by Crippen LogP contribution is 2.45. The number of hydrogen-bond acceptors (Lipinski definition) is 5. The molecule has 1 aliphatic heterocycles. The Hall–Kier alpha value is -1.62. The van der Waals surface area contributed by atoms with Crippen LogP contribution in [0.15, 0.2) is 23.8 Å². The lowest BCUT2D eigenvalue weighted by Crippen LogP contribution is -2.43. The Kier molecular flexibility index (Phi) is 3.05. The fraction of sp³-hybridized carbons (Fsp3) is 0.760. The maximum atomic E-state index is 13.9. The Bertz CT molecular complexity index is 1210. The van der Waals surface area contributed by atoms with Crippen LogP contribution in [0.1, 0.15) is 94.7 Å². The smallest absolute Gasteiger partial charge is 0.311 e. The minimum absolute atomic E-state index is 0.0882. The van der Waals surface area contributed by atoms with Crippen molar-refractivity contribution in [3.63, 3.8) is 0 Å². The monoisotopic (exact) mass is 434 g/mol. The number of hydrogen-bond donors (Lipinski definition) is 1. The molecule has 7 atom stereocenters.